The molecule has 1 N–H and O–H groups in total. The summed E-state index contributed by atoms with van der Waals surface area (Å²) in [6.07, 6.45) is 1.91. The van der Waals surface area contributed by atoms with Crippen molar-refractivity contribution in [3.05, 3.63) is 39.4 Å². The molecule has 0 fully saturated rings. The molecule has 6 nitrogen and oxygen atoms in total. The van der Waals surface area contributed by atoms with E-state index in [0.29, 0.717) is 30.5 Å². The van der Waals surface area contributed by atoms with Crippen molar-refractivity contribution < 1.29 is 9.72 Å². The van der Waals surface area contributed by atoms with Crippen molar-refractivity contribution in [1.29, 1.82) is 5.26 Å². The summed E-state index contributed by atoms with van der Waals surface area (Å²) in [7, 11) is 0. The highest BCUT2D eigenvalue weighted by atomic mass is 16.6. The van der Waals surface area contributed by atoms with Gasteiger partial charge < -0.3 is 5.32 Å². The number of nitriles is 1. The lowest BCUT2D eigenvalue weighted by Gasteiger charge is -2.07. The van der Waals surface area contributed by atoms with Gasteiger partial charge in [-0.2, -0.15) is 5.26 Å². The highest BCUT2D eigenvalue weighted by Crippen LogP contribution is 2.17. The number of amides is 1. The number of rotatable bonds is 6. The Labute approximate surface area is 111 Å². The summed E-state index contributed by atoms with van der Waals surface area (Å²) in [5.41, 5.74) is 0.912. The Bertz CT molecular complexity index is 520. The third-order valence-corrected chi connectivity index (χ3v) is 2.68. The number of nitro benzene ring substituents is 1. The third-order valence-electron chi connectivity index (χ3n) is 2.68. The molecule has 6 heteroatoms. The van der Waals surface area contributed by atoms with Crippen molar-refractivity contribution in [3.63, 3.8) is 0 Å². The van der Waals surface area contributed by atoms with Crippen molar-refractivity contribution >= 4 is 11.6 Å². The molecule has 1 rings (SSSR count). The molecular weight excluding hydrogens is 246 g/mol. The average Bonchev–Trinajstić information content (AvgIpc) is 2.38. The van der Waals surface area contributed by atoms with E-state index >= 15 is 0 Å². The Morgan fingerprint density at radius 1 is 1.47 bits per heavy atom. The number of nitrogens with zero attached hydrogens (tertiary/aromatic N) is 2. The minimum absolute atomic E-state index is 0.0970. The van der Waals surface area contributed by atoms with Crippen LogP contribution in [-0.2, 0) is 0 Å². The molecule has 0 bridgehead atoms. The van der Waals surface area contributed by atoms with E-state index in [1.165, 1.54) is 12.1 Å². The van der Waals surface area contributed by atoms with Gasteiger partial charge in [-0.25, -0.2) is 0 Å². The number of nitrogens with one attached hydrogen (secondary N) is 1. The van der Waals surface area contributed by atoms with Gasteiger partial charge in [0.25, 0.3) is 11.6 Å². The molecule has 100 valence electrons. The molecule has 0 atom stereocenters. The quantitative estimate of drug-likeness (QED) is 0.483. The van der Waals surface area contributed by atoms with E-state index in [1.807, 2.05) is 6.07 Å². The predicted molar refractivity (Wildman–Crippen MR) is 69.6 cm³/mol. The fourth-order valence-corrected chi connectivity index (χ4v) is 1.59. The first-order chi connectivity index (χ1) is 9.06. The maximum atomic E-state index is 11.9. The zero-order valence-electron chi connectivity index (χ0n) is 10.7. The van der Waals surface area contributed by atoms with Crippen molar-refractivity contribution in [2.75, 3.05) is 6.54 Å². The van der Waals surface area contributed by atoms with E-state index < -0.39 is 4.92 Å². The van der Waals surface area contributed by atoms with Gasteiger partial charge in [-0.3, -0.25) is 14.9 Å². The molecule has 1 aromatic carbocycles. The average molecular weight is 261 g/mol. The topological polar surface area (TPSA) is 96.0 Å². The number of hydrogen-bond donors (Lipinski definition) is 1. The highest BCUT2D eigenvalue weighted by Gasteiger charge is 2.13. The van der Waals surface area contributed by atoms with Crippen LogP contribution in [0.2, 0.25) is 0 Å². The molecule has 19 heavy (non-hydrogen) atoms. The number of non-ortho nitro benzene ring substituents is 1. The molecule has 0 aromatic heterocycles. The fourth-order valence-electron chi connectivity index (χ4n) is 1.59. The Balaban J connectivity index is 2.64. The standard InChI is InChI=1S/C13H15N3O3/c1-10-5-6-11(16(18)19)9-12(10)13(17)15-8-4-2-3-7-14/h5-6,9H,2-4,8H2,1H3,(H,15,17). The lowest BCUT2D eigenvalue weighted by atomic mass is 10.1. The van der Waals surface area contributed by atoms with Crippen LogP contribution >= 0.6 is 0 Å². The molecule has 0 saturated carbocycles. The molecule has 0 aliphatic heterocycles. The van der Waals surface area contributed by atoms with Crippen LogP contribution < -0.4 is 5.32 Å². The Morgan fingerprint density at radius 2 is 2.21 bits per heavy atom. The van der Waals surface area contributed by atoms with Crippen LogP contribution in [0.15, 0.2) is 18.2 Å². The van der Waals surface area contributed by atoms with Crippen molar-refractivity contribution in [2.24, 2.45) is 0 Å². The first-order valence-electron chi connectivity index (χ1n) is 5.96. The second kappa shape index (κ2) is 7.11. The predicted octanol–water partition coefficient (Wildman–Crippen LogP) is 2.33. The number of unbranched alkanes of at least 4 members (excludes halogenated alkanes) is 2. The van der Waals surface area contributed by atoms with E-state index in [0.717, 1.165) is 6.42 Å². The maximum Gasteiger partial charge on any atom is 0.270 e. The second-order valence-corrected chi connectivity index (χ2v) is 4.13. The van der Waals surface area contributed by atoms with Gasteiger partial charge in [0.1, 0.15) is 0 Å². The van der Waals surface area contributed by atoms with E-state index in [-0.39, 0.29) is 11.6 Å². The summed E-state index contributed by atoms with van der Waals surface area (Å²) in [4.78, 5) is 22.0. The number of benzene rings is 1. The molecule has 0 heterocycles. The second-order valence-electron chi connectivity index (χ2n) is 4.13. The Hall–Kier alpha value is -2.42. The van der Waals surface area contributed by atoms with Crippen LogP contribution in [0.1, 0.15) is 35.2 Å². The molecule has 1 aromatic rings. The summed E-state index contributed by atoms with van der Waals surface area (Å²) in [5.74, 6) is -0.321. The van der Waals surface area contributed by atoms with Crippen LogP contribution in [0.4, 0.5) is 5.69 Å². The van der Waals surface area contributed by atoms with Gasteiger partial charge in [0.15, 0.2) is 0 Å². The Morgan fingerprint density at radius 3 is 2.84 bits per heavy atom. The molecule has 0 aliphatic carbocycles. The molecule has 1 amide bonds. The summed E-state index contributed by atoms with van der Waals surface area (Å²) in [6.45, 7) is 2.19. The van der Waals surface area contributed by atoms with Gasteiger partial charge in [0, 0.05) is 30.7 Å². The summed E-state index contributed by atoms with van der Waals surface area (Å²) in [5, 5.41) is 21.7. The number of aryl methyl sites for hydroxylation is 1. The molecule has 0 aliphatic rings. The van der Waals surface area contributed by atoms with Crippen molar-refractivity contribution in [1.82, 2.24) is 5.32 Å². The zero-order valence-corrected chi connectivity index (χ0v) is 10.7. The van der Waals surface area contributed by atoms with E-state index in [4.69, 9.17) is 5.26 Å². The Kier molecular flexibility index (Phi) is 5.48. The van der Waals surface area contributed by atoms with Crippen LogP contribution in [0.3, 0.4) is 0 Å². The molecule has 0 radical (unpaired) electrons. The summed E-state index contributed by atoms with van der Waals surface area (Å²) >= 11 is 0. The van der Waals surface area contributed by atoms with Crippen LogP contribution in [0, 0.1) is 28.4 Å². The molecule has 0 saturated heterocycles. The van der Waals surface area contributed by atoms with Gasteiger partial charge >= 0.3 is 0 Å². The van der Waals surface area contributed by atoms with Crippen molar-refractivity contribution in [3.8, 4) is 6.07 Å². The number of hydrogen-bond acceptors (Lipinski definition) is 4. The van der Waals surface area contributed by atoms with Crippen LogP contribution in [-0.4, -0.2) is 17.4 Å². The fraction of sp³-hybridized carbons (Fsp3) is 0.385. The molecule has 0 spiro atoms. The smallest absolute Gasteiger partial charge is 0.270 e. The molecular formula is C13H15N3O3. The lowest BCUT2D eigenvalue weighted by molar-refractivity contribution is -0.384. The van der Waals surface area contributed by atoms with Gasteiger partial charge in [0.05, 0.1) is 11.0 Å². The number of carbonyl (C=O) groups is 1. The number of carbonyl (C=O) groups excluding carboxylic acids is 1. The van der Waals surface area contributed by atoms with Gasteiger partial charge in [-0.05, 0) is 25.3 Å². The van der Waals surface area contributed by atoms with E-state index in [2.05, 4.69) is 5.32 Å². The third kappa shape index (κ3) is 4.39. The van der Waals surface area contributed by atoms with Gasteiger partial charge in [-0.1, -0.05) is 6.07 Å². The number of nitro groups is 1. The monoisotopic (exact) mass is 261 g/mol. The van der Waals surface area contributed by atoms with Gasteiger partial charge in [0.2, 0.25) is 0 Å². The van der Waals surface area contributed by atoms with E-state index in [9.17, 15) is 14.9 Å². The SMILES string of the molecule is Cc1ccc([N+](=O)[O-])cc1C(=O)NCCCCC#N. The summed E-state index contributed by atoms with van der Waals surface area (Å²) < 4.78 is 0. The van der Waals surface area contributed by atoms with Crippen LogP contribution in [0.25, 0.3) is 0 Å². The minimum Gasteiger partial charge on any atom is -0.352 e. The minimum atomic E-state index is -0.525. The molecule has 0 unspecified atom stereocenters. The normalized spacial score (nSPS) is 9.68. The van der Waals surface area contributed by atoms with Crippen molar-refractivity contribution in [2.45, 2.75) is 26.2 Å². The van der Waals surface area contributed by atoms with E-state index in [1.54, 1.807) is 13.0 Å². The van der Waals surface area contributed by atoms with Crippen LogP contribution in [0.5, 0.6) is 0 Å². The summed E-state index contributed by atoms with van der Waals surface area (Å²) in [6, 6.07) is 6.24. The maximum absolute atomic E-state index is 11.9. The largest absolute Gasteiger partial charge is 0.352 e. The zero-order chi connectivity index (χ0) is 14.3. The highest BCUT2D eigenvalue weighted by molar-refractivity contribution is 5.96. The lowest BCUT2D eigenvalue weighted by Crippen LogP contribution is -2.25. The first-order valence-corrected chi connectivity index (χ1v) is 5.96. The van der Waals surface area contributed by atoms with Gasteiger partial charge in [-0.15, -0.1) is 0 Å². The first kappa shape index (κ1) is 14.6.